The minimum absolute atomic E-state index is 0.198. The predicted molar refractivity (Wildman–Crippen MR) is 230 cm³/mol. The van der Waals surface area contributed by atoms with Crippen LogP contribution in [0.3, 0.4) is 0 Å². The van der Waals surface area contributed by atoms with E-state index in [4.69, 9.17) is 0 Å². The first kappa shape index (κ1) is 30.5. The Hall–Kier alpha value is -6.96. The summed E-state index contributed by atoms with van der Waals surface area (Å²) in [6.45, 7) is 0. The maximum Gasteiger partial charge on any atom is 0.0544 e. The summed E-state index contributed by atoms with van der Waals surface area (Å²) in [5.74, 6) is 0.198. The van der Waals surface area contributed by atoms with Crippen LogP contribution in [0, 0.1) is 0 Å². The molecule has 1 atom stereocenters. The van der Waals surface area contributed by atoms with Crippen molar-refractivity contribution < 1.29 is 0 Å². The summed E-state index contributed by atoms with van der Waals surface area (Å²) in [5.41, 5.74) is 20.9. The molecule has 1 heterocycles. The number of hydrogen-bond acceptors (Lipinski definition) is 0. The molecule has 0 amide bonds. The summed E-state index contributed by atoms with van der Waals surface area (Å²) < 4.78 is 2.48. The normalized spacial score (nSPS) is 13.9. The third-order valence-electron chi connectivity index (χ3n) is 12.3. The zero-order valence-corrected chi connectivity index (χ0v) is 30.2. The Kier molecular flexibility index (Phi) is 6.53. The molecule has 1 aromatic heterocycles. The molecule has 9 aromatic carbocycles. The Morgan fingerprint density at radius 3 is 1.96 bits per heavy atom. The highest BCUT2D eigenvalue weighted by Crippen LogP contribution is 2.51. The van der Waals surface area contributed by atoms with Crippen molar-refractivity contribution >= 4 is 32.6 Å². The van der Waals surface area contributed by atoms with Crippen LogP contribution in [0.2, 0.25) is 0 Å². The topological polar surface area (TPSA) is 4.93 Å². The first-order valence-corrected chi connectivity index (χ1v) is 19.3. The fourth-order valence-electron chi connectivity index (χ4n) is 9.78. The lowest BCUT2D eigenvalue weighted by Crippen LogP contribution is -2.00. The second-order valence-electron chi connectivity index (χ2n) is 15.2. The lowest BCUT2D eigenvalue weighted by atomic mass is 9.86. The molecule has 256 valence electrons. The van der Waals surface area contributed by atoms with E-state index in [0.717, 1.165) is 6.42 Å². The third-order valence-corrected chi connectivity index (χ3v) is 12.3. The lowest BCUT2D eigenvalue weighted by Gasteiger charge is -2.17. The second kappa shape index (κ2) is 11.8. The zero-order chi connectivity index (χ0) is 36.0. The maximum atomic E-state index is 2.48. The number of fused-ring (bicyclic) bond motifs is 10. The molecule has 2 aliphatic rings. The van der Waals surface area contributed by atoms with Crippen LogP contribution in [0.25, 0.3) is 82.8 Å². The monoisotopic (exact) mass is 697 g/mol. The van der Waals surface area contributed by atoms with Gasteiger partial charge in [-0.05, 0) is 132 Å². The molecule has 55 heavy (non-hydrogen) atoms. The SMILES string of the molecule is c1ccc(-c2cccc(-n3c4ccc(-c5ccc6c(c5)-c5ccccc5C6c5cccc6ccccc56)cc4c4cc5c(cc43)Cc3ccccc3-5)c2)cc1. The smallest absolute Gasteiger partial charge is 0.0544 e. The molecule has 1 heteroatoms. The number of rotatable bonds is 4. The minimum Gasteiger partial charge on any atom is -0.309 e. The van der Waals surface area contributed by atoms with E-state index in [9.17, 15) is 0 Å². The van der Waals surface area contributed by atoms with Crippen molar-refractivity contribution in [2.75, 3.05) is 0 Å². The van der Waals surface area contributed by atoms with Gasteiger partial charge in [0, 0.05) is 22.4 Å². The van der Waals surface area contributed by atoms with Gasteiger partial charge in [0.15, 0.2) is 0 Å². The number of aromatic nitrogens is 1. The van der Waals surface area contributed by atoms with Crippen molar-refractivity contribution in [3.05, 3.63) is 222 Å². The third kappa shape index (κ3) is 4.60. The van der Waals surface area contributed by atoms with Crippen molar-refractivity contribution in [3.63, 3.8) is 0 Å². The van der Waals surface area contributed by atoms with E-state index in [2.05, 4.69) is 199 Å². The van der Waals surface area contributed by atoms with Crippen LogP contribution in [0.1, 0.15) is 33.7 Å². The number of hydrogen-bond donors (Lipinski definition) is 0. The molecule has 2 aliphatic carbocycles. The summed E-state index contributed by atoms with van der Waals surface area (Å²) in [6, 6.07) is 72.4. The zero-order valence-electron chi connectivity index (χ0n) is 30.2. The van der Waals surface area contributed by atoms with Crippen LogP contribution in [0.15, 0.2) is 194 Å². The summed E-state index contributed by atoms with van der Waals surface area (Å²) >= 11 is 0. The maximum absolute atomic E-state index is 2.48. The van der Waals surface area contributed by atoms with Crippen molar-refractivity contribution in [3.8, 4) is 50.2 Å². The van der Waals surface area contributed by atoms with E-state index in [1.807, 2.05) is 0 Å². The Morgan fingerprint density at radius 1 is 0.345 bits per heavy atom. The van der Waals surface area contributed by atoms with Crippen LogP contribution in [0.5, 0.6) is 0 Å². The van der Waals surface area contributed by atoms with Crippen molar-refractivity contribution in [2.24, 2.45) is 0 Å². The van der Waals surface area contributed by atoms with Crippen LogP contribution < -0.4 is 0 Å². The van der Waals surface area contributed by atoms with Gasteiger partial charge in [0.1, 0.15) is 0 Å². The molecular formula is C54H35N. The predicted octanol–water partition coefficient (Wildman–Crippen LogP) is 14.0. The Labute approximate surface area is 320 Å². The first-order chi connectivity index (χ1) is 27.3. The fraction of sp³-hybridized carbons (Fsp3) is 0.0370. The first-order valence-electron chi connectivity index (χ1n) is 19.3. The largest absolute Gasteiger partial charge is 0.309 e. The van der Waals surface area contributed by atoms with Gasteiger partial charge in [-0.2, -0.15) is 0 Å². The average molecular weight is 698 g/mol. The molecule has 0 bridgehead atoms. The Morgan fingerprint density at radius 2 is 1.02 bits per heavy atom. The van der Waals surface area contributed by atoms with Gasteiger partial charge in [0.2, 0.25) is 0 Å². The van der Waals surface area contributed by atoms with Gasteiger partial charge >= 0.3 is 0 Å². The summed E-state index contributed by atoms with van der Waals surface area (Å²) in [4.78, 5) is 0. The molecule has 1 nitrogen and oxygen atoms in total. The molecule has 12 rings (SSSR count). The van der Waals surface area contributed by atoms with Crippen LogP contribution in [-0.2, 0) is 6.42 Å². The van der Waals surface area contributed by atoms with E-state index in [-0.39, 0.29) is 5.92 Å². The van der Waals surface area contributed by atoms with Crippen LogP contribution >= 0.6 is 0 Å². The van der Waals surface area contributed by atoms with Gasteiger partial charge < -0.3 is 4.57 Å². The van der Waals surface area contributed by atoms with E-state index in [1.54, 1.807) is 0 Å². The summed E-state index contributed by atoms with van der Waals surface area (Å²) in [6.07, 6.45) is 0.967. The van der Waals surface area contributed by atoms with E-state index in [1.165, 1.54) is 111 Å². The van der Waals surface area contributed by atoms with Gasteiger partial charge in [0.05, 0.1) is 11.0 Å². The lowest BCUT2D eigenvalue weighted by molar-refractivity contribution is 1.03. The van der Waals surface area contributed by atoms with E-state index < -0.39 is 0 Å². The number of nitrogens with zero attached hydrogens (tertiary/aromatic N) is 1. The average Bonchev–Trinajstić information content (AvgIpc) is 3.89. The highest BCUT2D eigenvalue weighted by molar-refractivity contribution is 6.12. The van der Waals surface area contributed by atoms with Gasteiger partial charge in [-0.3, -0.25) is 0 Å². The van der Waals surface area contributed by atoms with Crippen LogP contribution in [0.4, 0.5) is 0 Å². The number of benzene rings is 9. The molecule has 0 radical (unpaired) electrons. The van der Waals surface area contributed by atoms with Crippen molar-refractivity contribution in [1.29, 1.82) is 0 Å². The molecule has 1 unspecified atom stereocenters. The van der Waals surface area contributed by atoms with Gasteiger partial charge in [-0.15, -0.1) is 0 Å². The van der Waals surface area contributed by atoms with E-state index >= 15 is 0 Å². The summed E-state index contributed by atoms with van der Waals surface area (Å²) in [5, 5.41) is 5.18. The summed E-state index contributed by atoms with van der Waals surface area (Å²) in [7, 11) is 0. The molecule has 10 aromatic rings. The highest BCUT2D eigenvalue weighted by Gasteiger charge is 2.31. The molecule has 0 fully saturated rings. The van der Waals surface area contributed by atoms with Crippen LogP contribution in [-0.4, -0.2) is 4.57 Å². The van der Waals surface area contributed by atoms with Gasteiger partial charge in [0.25, 0.3) is 0 Å². The van der Waals surface area contributed by atoms with Crippen molar-refractivity contribution in [2.45, 2.75) is 12.3 Å². The fourth-order valence-corrected chi connectivity index (χ4v) is 9.78. The minimum atomic E-state index is 0.198. The van der Waals surface area contributed by atoms with Gasteiger partial charge in [-0.1, -0.05) is 152 Å². The Bertz CT molecular complexity index is 3170. The van der Waals surface area contributed by atoms with Gasteiger partial charge in [-0.25, -0.2) is 0 Å². The van der Waals surface area contributed by atoms with Crippen molar-refractivity contribution in [1.82, 2.24) is 4.57 Å². The molecule has 0 spiro atoms. The molecule has 0 aliphatic heterocycles. The molecule has 0 saturated heterocycles. The Balaban J connectivity index is 1.05. The molecular weight excluding hydrogens is 663 g/mol. The second-order valence-corrected chi connectivity index (χ2v) is 15.2. The quantitative estimate of drug-likeness (QED) is 0.173. The molecule has 0 N–H and O–H groups in total. The highest BCUT2D eigenvalue weighted by atomic mass is 15.0. The molecule has 0 saturated carbocycles. The van der Waals surface area contributed by atoms with E-state index in [0.29, 0.717) is 0 Å². The standard InChI is InChI=1S/C54H35N/c1-2-12-34(13-3-1)36-17-10-18-41(29-36)55-52-27-25-38(31-50(52)51-33-48-40(32-53(51)55)28-39-15-5-7-20-43(39)48)37-24-26-47-49(30-37)44-21-8-9-22-46(44)54(47)45-23-11-16-35-14-4-6-19-42(35)45/h1-27,29-33,54H,28H2.